The fourth-order valence-electron chi connectivity index (χ4n) is 1.72. The van der Waals surface area contributed by atoms with Crippen molar-refractivity contribution >= 4 is 15.9 Å². The van der Waals surface area contributed by atoms with Gasteiger partial charge in [0, 0.05) is 10.9 Å². The van der Waals surface area contributed by atoms with E-state index in [1.807, 2.05) is 30.3 Å². The molecule has 2 aromatic rings. The summed E-state index contributed by atoms with van der Waals surface area (Å²) >= 11 is 3.29. The smallest absolute Gasteiger partial charge is 0.165 e. The zero-order chi connectivity index (χ0) is 13.7. The van der Waals surface area contributed by atoms with Crippen LogP contribution in [-0.2, 0) is 11.9 Å². The predicted molar refractivity (Wildman–Crippen MR) is 76.4 cm³/mol. The first-order valence-corrected chi connectivity index (χ1v) is 6.96. The van der Waals surface area contributed by atoms with Gasteiger partial charge in [-0.1, -0.05) is 40.2 Å². The molecule has 0 aliphatic carbocycles. The van der Waals surface area contributed by atoms with Gasteiger partial charge >= 0.3 is 0 Å². The minimum absolute atomic E-state index is 0.246. The minimum atomic E-state index is -0.355. The van der Waals surface area contributed by atoms with E-state index in [0.717, 1.165) is 16.9 Å². The summed E-state index contributed by atoms with van der Waals surface area (Å²) < 4.78 is 24.5. The fraction of sp³-hybridized carbons (Fsp3) is 0.200. The molecule has 0 N–H and O–H groups in total. The van der Waals surface area contributed by atoms with E-state index in [1.165, 1.54) is 6.07 Å². The Labute approximate surface area is 120 Å². The Kier molecular flexibility index (Phi) is 4.80. The van der Waals surface area contributed by atoms with Gasteiger partial charge in [0.05, 0.1) is 7.11 Å². The molecule has 0 spiro atoms. The molecule has 0 saturated heterocycles. The van der Waals surface area contributed by atoms with Crippen molar-refractivity contribution in [2.75, 3.05) is 7.11 Å². The molecule has 2 aromatic carbocycles. The van der Waals surface area contributed by atoms with Crippen LogP contribution in [0.1, 0.15) is 11.1 Å². The molecular weight excluding hydrogens is 311 g/mol. The average molecular weight is 325 g/mol. The van der Waals surface area contributed by atoms with Crippen LogP contribution in [-0.4, -0.2) is 7.11 Å². The second-order valence-corrected chi connectivity index (χ2v) is 4.56. The molecule has 100 valence electrons. The molecule has 0 aromatic heterocycles. The Balaban J connectivity index is 2.10. The van der Waals surface area contributed by atoms with E-state index in [2.05, 4.69) is 15.9 Å². The number of halogens is 2. The molecule has 4 heteroatoms. The van der Waals surface area contributed by atoms with E-state index in [4.69, 9.17) is 9.47 Å². The molecule has 0 radical (unpaired) electrons. The number of rotatable bonds is 5. The average Bonchev–Trinajstić information content (AvgIpc) is 2.46. The molecule has 0 aliphatic rings. The molecule has 0 bridgehead atoms. The number of hydrogen-bond donors (Lipinski definition) is 0. The molecule has 0 saturated carbocycles. The first kappa shape index (κ1) is 13.9. The summed E-state index contributed by atoms with van der Waals surface area (Å²) in [7, 11) is 1.60. The maximum atomic E-state index is 13.7. The van der Waals surface area contributed by atoms with Crippen molar-refractivity contribution in [1.29, 1.82) is 0 Å². The van der Waals surface area contributed by atoms with E-state index in [1.54, 1.807) is 13.2 Å². The van der Waals surface area contributed by atoms with E-state index < -0.39 is 0 Å². The van der Waals surface area contributed by atoms with E-state index in [0.29, 0.717) is 5.33 Å². The molecule has 0 fully saturated rings. The van der Waals surface area contributed by atoms with Crippen LogP contribution in [0.2, 0.25) is 0 Å². The van der Waals surface area contributed by atoms with Gasteiger partial charge in [-0.25, -0.2) is 4.39 Å². The lowest BCUT2D eigenvalue weighted by atomic mass is 10.2. The van der Waals surface area contributed by atoms with Gasteiger partial charge in [-0.2, -0.15) is 0 Å². The third-order valence-corrected chi connectivity index (χ3v) is 3.37. The van der Waals surface area contributed by atoms with Gasteiger partial charge in [0.2, 0.25) is 0 Å². The maximum absolute atomic E-state index is 13.7. The Morgan fingerprint density at radius 1 is 1.11 bits per heavy atom. The van der Waals surface area contributed by atoms with Crippen LogP contribution in [0.15, 0.2) is 42.5 Å². The van der Waals surface area contributed by atoms with Gasteiger partial charge in [0.25, 0.3) is 0 Å². The van der Waals surface area contributed by atoms with E-state index >= 15 is 0 Å². The van der Waals surface area contributed by atoms with Crippen LogP contribution in [0.5, 0.6) is 11.5 Å². The summed E-state index contributed by atoms with van der Waals surface area (Å²) in [4.78, 5) is 0. The zero-order valence-corrected chi connectivity index (χ0v) is 12.1. The summed E-state index contributed by atoms with van der Waals surface area (Å²) in [6.45, 7) is 0.272. The normalized spacial score (nSPS) is 10.3. The van der Waals surface area contributed by atoms with Crippen molar-refractivity contribution < 1.29 is 13.9 Å². The molecule has 0 heterocycles. The lowest BCUT2D eigenvalue weighted by molar-refractivity contribution is 0.282. The molecule has 0 amide bonds. The number of methoxy groups -OCH3 is 1. The Hall–Kier alpha value is -1.55. The van der Waals surface area contributed by atoms with Gasteiger partial charge in [-0.3, -0.25) is 0 Å². The minimum Gasteiger partial charge on any atom is -0.496 e. The van der Waals surface area contributed by atoms with Crippen molar-refractivity contribution in [2.24, 2.45) is 0 Å². The Morgan fingerprint density at radius 2 is 1.89 bits per heavy atom. The highest BCUT2D eigenvalue weighted by molar-refractivity contribution is 9.08. The molecule has 0 atom stereocenters. The van der Waals surface area contributed by atoms with Crippen LogP contribution in [0.3, 0.4) is 0 Å². The van der Waals surface area contributed by atoms with Gasteiger partial charge < -0.3 is 9.47 Å². The van der Waals surface area contributed by atoms with Crippen molar-refractivity contribution in [3.8, 4) is 11.5 Å². The lowest BCUT2D eigenvalue weighted by Crippen LogP contribution is -2.00. The van der Waals surface area contributed by atoms with Crippen molar-refractivity contribution in [3.05, 3.63) is 59.4 Å². The van der Waals surface area contributed by atoms with Crippen LogP contribution in [0.25, 0.3) is 0 Å². The highest BCUT2D eigenvalue weighted by Crippen LogP contribution is 2.23. The zero-order valence-electron chi connectivity index (χ0n) is 10.5. The maximum Gasteiger partial charge on any atom is 0.165 e. The predicted octanol–water partition coefficient (Wildman–Crippen LogP) is 4.31. The molecule has 19 heavy (non-hydrogen) atoms. The Morgan fingerprint density at radius 3 is 2.58 bits per heavy atom. The summed E-state index contributed by atoms with van der Waals surface area (Å²) in [5.74, 6) is 0.627. The van der Waals surface area contributed by atoms with Crippen LogP contribution >= 0.6 is 15.9 Å². The largest absolute Gasteiger partial charge is 0.496 e. The number of hydrogen-bond acceptors (Lipinski definition) is 2. The van der Waals surface area contributed by atoms with E-state index in [9.17, 15) is 4.39 Å². The van der Waals surface area contributed by atoms with Crippen molar-refractivity contribution in [3.63, 3.8) is 0 Å². The van der Waals surface area contributed by atoms with Gasteiger partial charge in [-0.05, 0) is 23.8 Å². The monoisotopic (exact) mass is 324 g/mol. The van der Waals surface area contributed by atoms with Gasteiger partial charge in [-0.15, -0.1) is 0 Å². The van der Waals surface area contributed by atoms with Gasteiger partial charge in [0.15, 0.2) is 11.6 Å². The quantitative estimate of drug-likeness (QED) is 0.763. The number of ether oxygens (including phenoxy) is 2. The van der Waals surface area contributed by atoms with Crippen molar-refractivity contribution in [1.82, 2.24) is 0 Å². The number of para-hydroxylation sites is 1. The van der Waals surface area contributed by atoms with Crippen LogP contribution in [0, 0.1) is 5.82 Å². The van der Waals surface area contributed by atoms with Crippen molar-refractivity contribution in [2.45, 2.75) is 11.9 Å². The second kappa shape index (κ2) is 6.57. The summed E-state index contributed by atoms with van der Waals surface area (Å²) in [6, 6.07) is 12.5. The summed E-state index contributed by atoms with van der Waals surface area (Å²) in [6.07, 6.45) is 0. The third-order valence-electron chi connectivity index (χ3n) is 2.73. The van der Waals surface area contributed by atoms with Gasteiger partial charge in [0.1, 0.15) is 12.4 Å². The first-order valence-electron chi connectivity index (χ1n) is 5.83. The summed E-state index contributed by atoms with van der Waals surface area (Å²) in [5, 5.41) is 0.622. The summed E-state index contributed by atoms with van der Waals surface area (Å²) in [5.41, 5.74) is 1.76. The van der Waals surface area contributed by atoms with E-state index in [-0.39, 0.29) is 18.2 Å². The topological polar surface area (TPSA) is 18.5 Å². The second-order valence-electron chi connectivity index (χ2n) is 4.00. The molecule has 0 aliphatic heterocycles. The molecule has 2 rings (SSSR count). The fourth-order valence-corrected chi connectivity index (χ4v) is 2.07. The molecule has 0 unspecified atom stereocenters. The molecule has 2 nitrogen and oxygen atoms in total. The highest BCUT2D eigenvalue weighted by atomic mass is 79.9. The number of benzene rings is 2. The standard InChI is InChI=1S/C15H14BrFO2/c1-18-14-5-3-2-4-12(14)10-19-15-7-6-11(9-16)8-13(15)17/h2-8H,9-10H2,1H3. The number of alkyl halides is 1. The third kappa shape index (κ3) is 3.47. The Bertz CT molecular complexity index is 558. The first-order chi connectivity index (χ1) is 9.24. The lowest BCUT2D eigenvalue weighted by Gasteiger charge is -2.11. The highest BCUT2D eigenvalue weighted by Gasteiger charge is 2.07. The van der Waals surface area contributed by atoms with Crippen LogP contribution < -0.4 is 9.47 Å². The molecular formula is C15H14BrFO2. The SMILES string of the molecule is COc1ccccc1COc1ccc(CBr)cc1F. The van der Waals surface area contributed by atoms with Crippen LogP contribution in [0.4, 0.5) is 4.39 Å².